The Morgan fingerprint density at radius 2 is 1.20 bits per heavy atom. The number of rotatable bonds is 0. The van der Waals surface area contributed by atoms with Crippen molar-refractivity contribution in [2.75, 3.05) is 0 Å². The fraction of sp³-hybridized carbons (Fsp3) is 0.217. The van der Waals surface area contributed by atoms with Crippen LogP contribution in [0.4, 0.5) is 0 Å². The first-order valence-electron chi connectivity index (χ1n) is 9.05. The maximum atomic E-state index is 10.6. The van der Waals surface area contributed by atoms with Crippen molar-refractivity contribution in [3.8, 4) is 11.5 Å². The largest absolute Gasteiger partial charge is 0.507 e. The first kappa shape index (κ1) is 13.5. The van der Waals surface area contributed by atoms with Crippen molar-refractivity contribution in [3.63, 3.8) is 0 Å². The summed E-state index contributed by atoms with van der Waals surface area (Å²) in [6.45, 7) is 0. The maximum absolute atomic E-state index is 10.6. The highest BCUT2D eigenvalue weighted by molar-refractivity contribution is 6.26. The van der Waals surface area contributed by atoms with Crippen LogP contribution >= 0.6 is 0 Å². The third-order valence-electron chi connectivity index (χ3n) is 6.54. The van der Waals surface area contributed by atoms with Gasteiger partial charge in [-0.2, -0.15) is 0 Å². The molecular weight excluding hydrogens is 308 g/mol. The molecule has 2 heteroatoms. The van der Waals surface area contributed by atoms with Crippen molar-refractivity contribution in [1.82, 2.24) is 0 Å². The lowest BCUT2D eigenvalue weighted by atomic mass is 9.66. The van der Waals surface area contributed by atoms with Gasteiger partial charge in [0, 0.05) is 16.2 Å². The standard InChI is InChI=1S/C23H18O2/c24-18-11-13-12-19(25)15-6-4-8-17-22(15)20(13)21-14(18)5-3-7-16(21)23(17)9-1-2-10-23/h3-8,11-12,24-25H,1-2,9-10H2. The summed E-state index contributed by atoms with van der Waals surface area (Å²) in [5.74, 6) is 0.603. The average Bonchev–Trinajstić information content (AvgIpc) is 3.11. The molecule has 0 radical (unpaired) electrons. The van der Waals surface area contributed by atoms with Gasteiger partial charge in [0.25, 0.3) is 0 Å². The van der Waals surface area contributed by atoms with Crippen LogP contribution in [0.2, 0.25) is 0 Å². The second-order valence-electron chi connectivity index (χ2n) is 7.63. The molecule has 2 aliphatic rings. The molecule has 0 atom stereocenters. The first-order chi connectivity index (χ1) is 12.2. The molecule has 0 heterocycles. The number of fused-ring (bicyclic) bond motifs is 2. The summed E-state index contributed by atoms with van der Waals surface area (Å²) in [4.78, 5) is 0. The van der Waals surface area contributed by atoms with Gasteiger partial charge >= 0.3 is 0 Å². The van der Waals surface area contributed by atoms with E-state index in [2.05, 4.69) is 24.3 Å². The quantitative estimate of drug-likeness (QED) is 0.405. The average molecular weight is 326 g/mol. The van der Waals surface area contributed by atoms with Crippen LogP contribution < -0.4 is 0 Å². The van der Waals surface area contributed by atoms with E-state index in [1.54, 1.807) is 12.1 Å². The summed E-state index contributed by atoms with van der Waals surface area (Å²) >= 11 is 0. The molecule has 0 unspecified atom stereocenters. The van der Waals surface area contributed by atoms with Crippen molar-refractivity contribution in [1.29, 1.82) is 0 Å². The van der Waals surface area contributed by atoms with Gasteiger partial charge in [0.1, 0.15) is 11.5 Å². The Hall–Kier alpha value is -2.74. The Morgan fingerprint density at radius 3 is 1.72 bits per heavy atom. The Morgan fingerprint density at radius 1 is 0.680 bits per heavy atom. The molecule has 2 aliphatic carbocycles. The lowest BCUT2D eigenvalue weighted by Crippen LogP contribution is -2.26. The van der Waals surface area contributed by atoms with Crippen LogP contribution in [0.25, 0.3) is 32.3 Å². The van der Waals surface area contributed by atoms with Crippen molar-refractivity contribution in [2.45, 2.75) is 31.1 Å². The summed E-state index contributed by atoms with van der Waals surface area (Å²) in [5.41, 5.74) is 2.73. The van der Waals surface area contributed by atoms with E-state index in [0.717, 1.165) is 29.0 Å². The summed E-state index contributed by atoms with van der Waals surface area (Å²) in [7, 11) is 0. The molecule has 122 valence electrons. The number of phenolic OH excluding ortho intramolecular Hbond substituents is 2. The highest BCUT2D eigenvalue weighted by atomic mass is 16.3. The summed E-state index contributed by atoms with van der Waals surface area (Å²) < 4.78 is 0. The predicted molar refractivity (Wildman–Crippen MR) is 102 cm³/mol. The molecule has 1 saturated carbocycles. The van der Waals surface area contributed by atoms with Gasteiger partial charge < -0.3 is 10.2 Å². The van der Waals surface area contributed by atoms with E-state index in [1.165, 1.54) is 40.1 Å². The highest BCUT2D eigenvalue weighted by Crippen LogP contribution is 2.57. The van der Waals surface area contributed by atoms with Gasteiger partial charge in [-0.05, 0) is 57.6 Å². The van der Waals surface area contributed by atoms with Crippen LogP contribution in [0.1, 0.15) is 36.8 Å². The number of benzene rings is 4. The van der Waals surface area contributed by atoms with E-state index in [4.69, 9.17) is 0 Å². The van der Waals surface area contributed by atoms with E-state index in [9.17, 15) is 10.2 Å². The SMILES string of the molecule is Oc1cc2cc(O)c3cccc4c3c2c2c(cccc12)C41CCCC1. The molecule has 0 bridgehead atoms. The summed E-state index contributed by atoms with van der Waals surface area (Å²) in [5, 5.41) is 27.6. The molecule has 4 aromatic rings. The Balaban J connectivity index is 2.02. The van der Waals surface area contributed by atoms with Crippen LogP contribution in [0.15, 0.2) is 48.5 Å². The number of phenols is 2. The molecule has 0 aliphatic heterocycles. The van der Waals surface area contributed by atoms with Crippen LogP contribution in [0, 0.1) is 0 Å². The van der Waals surface area contributed by atoms with E-state index in [1.807, 2.05) is 12.1 Å². The zero-order valence-electron chi connectivity index (χ0n) is 13.8. The maximum Gasteiger partial charge on any atom is 0.124 e. The predicted octanol–water partition coefficient (Wildman–Crippen LogP) is 5.73. The fourth-order valence-electron chi connectivity index (χ4n) is 5.58. The van der Waals surface area contributed by atoms with Crippen LogP contribution in [-0.4, -0.2) is 10.2 Å². The molecule has 2 N–H and O–H groups in total. The third-order valence-corrected chi connectivity index (χ3v) is 6.54. The lowest BCUT2D eigenvalue weighted by molar-refractivity contribution is 0.480. The van der Waals surface area contributed by atoms with Gasteiger partial charge in [-0.3, -0.25) is 0 Å². The molecular formula is C23H18O2. The minimum Gasteiger partial charge on any atom is -0.507 e. The smallest absolute Gasteiger partial charge is 0.124 e. The molecule has 25 heavy (non-hydrogen) atoms. The number of hydrogen-bond donors (Lipinski definition) is 2. The van der Waals surface area contributed by atoms with Crippen molar-refractivity contribution in [3.05, 3.63) is 59.7 Å². The molecule has 6 rings (SSSR count). The van der Waals surface area contributed by atoms with Crippen molar-refractivity contribution >= 4 is 32.3 Å². The zero-order chi connectivity index (χ0) is 16.8. The van der Waals surface area contributed by atoms with Gasteiger partial charge in [0.15, 0.2) is 0 Å². The van der Waals surface area contributed by atoms with Crippen LogP contribution in [0.5, 0.6) is 11.5 Å². The molecule has 4 aromatic carbocycles. The van der Waals surface area contributed by atoms with Crippen LogP contribution in [0.3, 0.4) is 0 Å². The molecule has 1 fully saturated rings. The summed E-state index contributed by atoms with van der Waals surface area (Å²) in [6, 6.07) is 16.3. The second kappa shape index (κ2) is 4.26. The van der Waals surface area contributed by atoms with Crippen molar-refractivity contribution < 1.29 is 10.2 Å². The van der Waals surface area contributed by atoms with Gasteiger partial charge in [0.2, 0.25) is 0 Å². The molecule has 2 nitrogen and oxygen atoms in total. The normalized spacial score (nSPS) is 17.6. The van der Waals surface area contributed by atoms with E-state index >= 15 is 0 Å². The van der Waals surface area contributed by atoms with Gasteiger partial charge in [-0.1, -0.05) is 49.2 Å². The Labute approximate surface area is 145 Å². The topological polar surface area (TPSA) is 40.5 Å². The van der Waals surface area contributed by atoms with Crippen LogP contribution in [-0.2, 0) is 5.41 Å². The lowest BCUT2D eigenvalue weighted by Gasteiger charge is -2.37. The first-order valence-corrected chi connectivity index (χ1v) is 9.05. The molecule has 1 spiro atoms. The summed E-state index contributed by atoms with van der Waals surface area (Å²) in [6.07, 6.45) is 4.72. The van der Waals surface area contributed by atoms with Gasteiger partial charge in [0.05, 0.1) is 0 Å². The van der Waals surface area contributed by atoms with Gasteiger partial charge in [-0.15, -0.1) is 0 Å². The minimum atomic E-state index is 0.0144. The molecule has 0 amide bonds. The number of hydrogen-bond acceptors (Lipinski definition) is 2. The van der Waals surface area contributed by atoms with E-state index in [0.29, 0.717) is 11.5 Å². The van der Waals surface area contributed by atoms with E-state index in [-0.39, 0.29) is 5.41 Å². The van der Waals surface area contributed by atoms with Gasteiger partial charge in [-0.25, -0.2) is 0 Å². The third kappa shape index (κ3) is 1.43. The molecule has 0 aromatic heterocycles. The monoisotopic (exact) mass is 326 g/mol. The second-order valence-corrected chi connectivity index (χ2v) is 7.63. The fourth-order valence-corrected chi connectivity index (χ4v) is 5.58. The number of aromatic hydroxyl groups is 2. The van der Waals surface area contributed by atoms with Crippen molar-refractivity contribution in [2.24, 2.45) is 0 Å². The Bertz CT molecular complexity index is 1130. The Kier molecular flexibility index (Phi) is 2.31. The molecule has 0 saturated heterocycles. The zero-order valence-corrected chi connectivity index (χ0v) is 13.8. The van der Waals surface area contributed by atoms with E-state index < -0.39 is 0 Å². The minimum absolute atomic E-state index is 0.0144. The highest BCUT2D eigenvalue weighted by Gasteiger charge is 2.42.